The fourth-order valence-electron chi connectivity index (χ4n) is 1.55. The van der Waals surface area contributed by atoms with E-state index in [1.165, 1.54) is 6.26 Å². The third-order valence-corrected chi connectivity index (χ3v) is 4.27. The van der Waals surface area contributed by atoms with E-state index in [2.05, 4.69) is 22.6 Å². The van der Waals surface area contributed by atoms with Crippen molar-refractivity contribution >= 4 is 32.4 Å². The second-order valence-corrected chi connectivity index (χ2v) is 7.07. The van der Waals surface area contributed by atoms with Crippen molar-refractivity contribution in [2.75, 3.05) is 6.26 Å². The van der Waals surface area contributed by atoms with Crippen molar-refractivity contribution in [2.45, 2.75) is 4.90 Å². The summed E-state index contributed by atoms with van der Waals surface area (Å²) in [4.78, 5) is 0.355. The van der Waals surface area contributed by atoms with Crippen LogP contribution in [0, 0.1) is 3.57 Å². The summed E-state index contributed by atoms with van der Waals surface area (Å²) in [5.74, 6) is 0. The highest BCUT2D eigenvalue weighted by atomic mass is 127. The summed E-state index contributed by atoms with van der Waals surface area (Å²) in [6.45, 7) is 0. The first kappa shape index (κ1) is 12.6. The van der Waals surface area contributed by atoms with Gasteiger partial charge in [-0.3, -0.25) is 0 Å². The van der Waals surface area contributed by atoms with E-state index < -0.39 is 9.84 Å². The number of sulfone groups is 1. The largest absolute Gasteiger partial charge is 0.224 e. The molecule has 0 N–H and O–H groups in total. The smallest absolute Gasteiger partial charge is 0.175 e. The van der Waals surface area contributed by atoms with Crippen LogP contribution in [0.3, 0.4) is 0 Å². The molecule has 0 bridgehead atoms. The van der Waals surface area contributed by atoms with Gasteiger partial charge in [-0.15, -0.1) is 0 Å². The monoisotopic (exact) mass is 358 g/mol. The third-order valence-electron chi connectivity index (χ3n) is 2.44. The molecule has 4 heteroatoms. The van der Waals surface area contributed by atoms with Crippen LogP contribution < -0.4 is 0 Å². The number of rotatable bonds is 2. The van der Waals surface area contributed by atoms with Crippen molar-refractivity contribution in [1.29, 1.82) is 0 Å². The van der Waals surface area contributed by atoms with Crippen LogP contribution in [0.25, 0.3) is 11.1 Å². The average molecular weight is 358 g/mol. The van der Waals surface area contributed by atoms with Gasteiger partial charge in [0, 0.05) is 9.83 Å². The molecule has 0 amide bonds. The molecule has 0 atom stereocenters. The Kier molecular flexibility index (Phi) is 3.53. The summed E-state index contributed by atoms with van der Waals surface area (Å²) in [7, 11) is -3.14. The van der Waals surface area contributed by atoms with Gasteiger partial charge in [-0.05, 0) is 58.0 Å². The van der Waals surface area contributed by atoms with Crippen LogP contribution in [0.4, 0.5) is 0 Å². The summed E-state index contributed by atoms with van der Waals surface area (Å²) >= 11 is 2.24. The standard InChI is InChI=1S/C13H11IO2S/c1-17(15,16)13-4-2-3-11(9-13)10-5-7-12(14)8-6-10/h2-9H,1H3. The molecule has 0 spiro atoms. The van der Waals surface area contributed by atoms with E-state index >= 15 is 0 Å². The van der Waals surface area contributed by atoms with Crippen molar-refractivity contribution in [2.24, 2.45) is 0 Å². The molecule has 0 radical (unpaired) electrons. The summed E-state index contributed by atoms with van der Waals surface area (Å²) in [5.41, 5.74) is 1.94. The molecule has 0 heterocycles. The Morgan fingerprint density at radius 1 is 0.941 bits per heavy atom. The Hall–Kier alpha value is -0.880. The maximum absolute atomic E-state index is 11.5. The topological polar surface area (TPSA) is 34.1 Å². The molecule has 0 fully saturated rings. The molecular formula is C13H11IO2S. The van der Waals surface area contributed by atoms with E-state index in [0.717, 1.165) is 14.7 Å². The second-order valence-electron chi connectivity index (χ2n) is 3.81. The summed E-state index contributed by atoms with van der Waals surface area (Å²) in [5, 5.41) is 0. The quantitative estimate of drug-likeness (QED) is 0.772. The van der Waals surface area contributed by atoms with E-state index in [1.54, 1.807) is 18.2 Å². The van der Waals surface area contributed by atoms with Gasteiger partial charge in [0.1, 0.15) is 0 Å². The third kappa shape index (κ3) is 3.07. The minimum absolute atomic E-state index is 0.355. The first-order chi connectivity index (χ1) is 7.97. The molecule has 0 aromatic heterocycles. The van der Waals surface area contributed by atoms with Crippen LogP contribution in [-0.2, 0) is 9.84 Å². The number of benzene rings is 2. The van der Waals surface area contributed by atoms with Crippen LogP contribution >= 0.6 is 22.6 Å². The lowest BCUT2D eigenvalue weighted by atomic mass is 10.1. The molecule has 88 valence electrons. The predicted octanol–water partition coefficient (Wildman–Crippen LogP) is 3.36. The van der Waals surface area contributed by atoms with Gasteiger partial charge in [-0.2, -0.15) is 0 Å². The van der Waals surface area contributed by atoms with Gasteiger partial charge in [0.05, 0.1) is 4.90 Å². The first-order valence-corrected chi connectivity index (χ1v) is 8.00. The van der Waals surface area contributed by atoms with E-state index in [-0.39, 0.29) is 0 Å². The zero-order chi connectivity index (χ0) is 12.5. The lowest BCUT2D eigenvalue weighted by Gasteiger charge is -2.04. The van der Waals surface area contributed by atoms with Gasteiger partial charge in [-0.25, -0.2) is 8.42 Å². The lowest BCUT2D eigenvalue weighted by Crippen LogP contribution is -1.96. The normalized spacial score (nSPS) is 11.4. The van der Waals surface area contributed by atoms with Gasteiger partial charge in [0.2, 0.25) is 0 Å². The average Bonchev–Trinajstić information content (AvgIpc) is 2.29. The molecule has 0 aliphatic rings. The Morgan fingerprint density at radius 2 is 1.59 bits per heavy atom. The fourth-order valence-corrected chi connectivity index (χ4v) is 2.58. The molecule has 0 aliphatic heterocycles. The van der Waals surface area contributed by atoms with Crippen molar-refractivity contribution in [1.82, 2.24) is 0 Å². The SMILES string of the molecule is CS(=O)(=O)c1cccc(-c2ccc(I)cc2)c1. The van der Waals surface area contributed by atoms with Gasteiger partial charge >= 0.3 is 0 Å². The van der Waals surface area contributed by atoms with E-state index in [0.29, 0.717) is 4.90 Å². The van der Waals surface area contributed by atoms with E-state index in [1.807, 2.05) is 30.3 Å². The minimum atomic E-state index is -3.14. The minimum Gasteiger partial charge on any atom is -0.224 e. The number of hydrogen-bond donors (Lipinski definition) is 0. The molecule has 2 rings (SSSR count). The molecule has 0 saturated heterocycles. The summed E-state index contributed by atoms with van der Waals surface area (Å²) < 4.78 is 24.1. The molecule has 2 aromatic carbocycles. The zero-order valence-corrected chi connectivity index (χ0v) is 12.2. The van der Waals surface area contributed by atoms with Crippen LogP contribution in [0.15, 0.2) is 53.4 Å². The Bertz CT molecular complexity index is 631. The molecule has 0 aliphatic carbocycles. The highest BCUT2D eigenvalue weighted by molar-refractivity contribution is 14.1. The second kappa shape index (κ2) is 4.78. The molecule has 2 aromatic rings. The zero-order valence-electron chi connectivity index (χ0n) is 9.22. The van der Waals surface area contributed by atoms with Crippen molar-refractivity contribution in [3.63, 3.8) is 0 Å². The first-order valence-electron chi connectivity index (χ1n) is 5.03. The van der Waals surface area contributed by atoms with Crippen LogP contribution in [0.1, 0.15) is 0 Å². The highest BCUT2D eigenvalue weighted by Gasteiger charge is 2.07. The fraction of sp³-hybridized carbons (Fsp3) is 0.0769. The molecule has 0 saturated carbocycles. The molecular weight excluding hydrogens is 347 g/mol. The van der Waals surface area contributed by atoms with Gasteiger partial charge < -0.3 is 0 Å². The highest BCUT2D eigenvalue weighted by Crippen LogP contribution is 2.23. The summed E-state index contributed by atoms with van der Waals surface area (Å²) in [6.07, 6.45) is 1.22. The number of hydrogen-bond acceptors (Lipinski definition) is 2. The van der Waals surface area contributed by atoms with Crippen LogP contribution in [0.5, 0.6) is 0 Å². The summed E-state index contributed by atoms with van der Waals surface area (Å²) in [6, 6.07) is 15.0. The van der Waals surface area contributed by atoms with Gasteiger partial charge in [0.15, 0.2) is 9.84 Å². The van der Waals surface area contributed by atoms with E-state index in [4.69, 9.17) is 0 Å². The molecule has 2 nitrogen and oxygen atoms in total. The lowest BCUT2D eigenvalue weighted by molar-refractivity contribution is 0.602. The Morgan fingerprint density at radius 3 is 2.18 bits per heavy atom. The Labute approximate surface area is 115 Å². The van der Waals surface area contributed by atoms with E-state index in [9.17, 15) is 8.42 Å². The van der Waals surface area contributed by atoms with Crippen molar-refractivity contribution in [3.05, 3.63) is 52.1 Å². The van der Waals surface area contributed by atoms with Crippen molar-refractivity contribution < 1.29 is 8.42 Å². The molecule has 17 heavy (non-hydrogen) atoms. The predicted molar refractivity (Wildman–Crippen MR) is 77.7 cm³/mol. The van der Waals surface area contributed by atoms with Crippen LogP contribution in [0.2, 0.25) is 0 Å². The van der Waals surface area contributed by atoms with Crippen LogP contribution in [-0.4, -0.2) is 14.7 Å². The molecule has 0 unspecified atom stereocenters. The maximum atomic E-state index is 11.5. The Balaban J connectivity index is 2.50. The van der Waals surface area contributed by atoms with Crippen molar-refractivity contribution in [3.8, 4) is 11.1 Å². The van der Waals surface area contributed by atoms with Gasteiger partial charge in [0.25, 0.3) is 0 Å². The number of halogens is 1. The van der Waals surface area contributed by atoms with Gasteiger partial charge in [-0.1, -0.05) is 24.3 Å². The maximum Gasteiger partial charge on any atom is 0.175 e.